The molecule has 6 aromatic carbocycles. The number of allylic oxidation sites excluding steroid dienone is 6. The number of fused-ring (bicyclic) bond motifs is 3. The Labute approximate surface area is 683 Å². The van der Waals surface area contributed by atoms with Gasteiger partial charge in [0.25, 0.3) is 47.3 Å². The lowest BCUT2D eigenvalue weighted by Gasteiger charge is -2.38. The normalized spacial score (nSPS) is 18.6. The molecule has 31 heteroatoms. The van der Waals surface area contributed by atoms with Gasteiger partial charge in [0, 0.05) is 27.3 Å². The van der Waals surface area contributed by atoms with E-state index in [0.717, 1.165) is 26.5 Å². The molecule has 3 aromatic heterocycles. The number of carboxylic acid groups (broad SMARTS) is 2. The van der Waals surface area contributed by atoms with E-state index in [1.165, 1.54) is 44.4 Å². The first-order valence-electron chi connectivity index (χ1n) is 37.9. The highest BCUT2D eigenvalue weighted by Crippen LogP contribution is 2.41. The molecule has 9 aromatic rings. The summed E-state index contributed by atoms with van der Waals surface area (Å²) in [5, 5.41) is 37.9. The smallest absolute Gasteiger partial charge is 0.335 e. The van der Waals surface area contributed by atoms with Crippen LogP contribution < -0.4 is 5.32 Å². The van der Waals surface area contributed by atoms with Gasteiger partial charge in [-0.3, -0.25) is 38.4 Å². The van der Waals surface area contributed by atoms with E-state index in [4.69, 9.17) is 44.3 Å². The monoisotopic (exact) mass is 1670 g/mol. The number of aryl methyl sites for hydroxylation is 3. The number of alkyl halides is 6. The van der Waals surface area contributed by atoms with E-state index in [-0.39, 0.29) is 74.7 Å². The van der Waals surface area contributed by atoms with E-state index < -0.39 is 103 Å². The number of rotatable bonds is 12. The van der Waals surface area contributed by atoms with Gasteiger partial charge in [0.2, 0.25) is 0 Å². The summed E-state index contributed by atoms with van der Waals surface area (Å²) >= 11 is 19.1. The fourth-order valence-corrected chi connectivity index (χ4v) is 15.4. The maximum absolute atomic E-state index is 13.8. The van der Waals surface area contributed by atoms with E-state index in [9.17, 15) is 79.7 Å². The van der Waals surface area contributed by atoms with Crippen molar-refractivity contribution >= 4 is 138 Å². The number of aromatic carboxylic acids is 1. The Morgan fingerprint density at radius 2 is 0.735 bits per heavy atom. The Bertz CT molecular complexity index is 5570. The number of aromatic nitrogens is 6. The summed E-state index contributed by atoms with van der Waals surface area (Å²) in [6.07, 6.45) is 10.2. The minimum absolute atomic E-state index is 0.0523. The molecule has 117 heavy (non-hydrogen) atoms. The number of aliphatic carboxylic acids is 1. The average molecular weight is 1670 g/mol. The molecule has 3 aliphatic heterocycles. The number of halogens is 9. The SMILES string of the molecule is Cc1cccc(Cl)c1C(=O)n1nc(C2=CCC(C(=O)O)CC2)c2ccc(C(=O)N3CC(F)(F)C3)cc21.Cc1cccc(Cl)c1C(=O)n1nc(C2=CCC(C(=O)OC(C)(C)C)CC2)c2ccc(C(=O)N3CC(F)(F)C3)cc21.Cc1cccc(Cl)c1C(=O)n1nc(C2=CCC(C(=O)OC(C)(C)C)CC2)c2ccc(C(=O)O)cc21.FC1(F)CNC1. The third-order valence-corrected chi connectivity index (χ3v) is 21.6. The van der Waals surface area contributed by atoms with Crippen molar-refractivity contribution in [3.8, 4) is 0 Å². The summed E-state index contributed by atoms with van der Waals surface area (Å²) in [6, 6.07) is 29.4. The number of carbonyl (C=O) groups is 9. The molecule has 0 bridgehead atoms. The van der Waals surface area contributed by atoms with Crippen LogP contribution in [-0.2, 0) is 23.9 Å². The Morgan fingerprint density at radius 1 is 0.436 bits per heavy atom. The van der Waals surface area contributed by atoms with Gasteiger partial charge in [-0.1, -0.05) is 89.4 Å². The van der Waals surface area contributed by atoms with Gasteiger partial charge in [0.1, 0.15) is 11.2 Å². The second-order valence-corrected chi connectivity index (χ2v) is 33.2. The van der Waals surface area contributed by atoms with Gasteiger partial charge in [0.15, 0.2) is 0 Å². The fourth-order valence-electron chi connectivity index (χ4n) is 14.5. The van der Waals surface area contributed by atoms with E-state index in [0.29, 0.717) is 135 Å². The summed E-state index contributed by atoms with van der Waals surface area (Å²) in [5.74, 6) is -14.1. The number of likely N-dealkylation sites (tertiary alicyclic amines) is 2. The largest absolute Gasteiger partial charge is 0.481 e. The van der Waals surface area contributed by atoms with Crippen LogP contribution in [0.25, 0.3) is 49.4 Å². The molecular weight excluding hydrogens is 1590 g/mol. The molecular formula is C86H84Cl3F6N9O13. The molecule has 3 saturated heterocycles. The summed E-state index contributed by atoms with van der Waals surface area (Å²) < 4.78 is 91.2. The molecule has 3 atom stereocenters. The molecule has 0 saturated carbocycles. The third-order valence-electron chi connectivity index (χ3n) is 20.7. The van der Waals surface area contributed by atoms with E-state index in [1.807, 2.05) is 59.8 Å². The highest BCUT2D eigenvalue weighted by Gasteiger charge is 2.48. The molecule has 3 fully saturated rings. The number of nitrogens with zero attached hydrogens (tertiary/aromatic N) is 8. The van der Waals surface area contributed by atoms with Crippen molar-refractivity contribution in [2.45, 2.75) is 149 Å². The topological polar surface area (TPSA) is 285 Å². The van der Waals surface area contributed by atoms with Crippen LogP contribution in [0.1, 0.15) is 195 Å². The van der Waals surface area contributed by atoms with Gasteiger partial charge in [-0.25, -0.2) is 31.1 Å². The molecule has 3 N–H and O–H groups in total. The first kappa shape index (κ1) is 85.6. The van der Waals surface area contributed by atoms with Crippen molar-refractivity contribution < 1.29 is 89.2 Å². The Morgan fingerprint density at radius 3 is 0.983 bits per heavy atom. The van der Waals surface area contributed by atoms with Crippen LogP contribution in [0.2, 0.25) is 15.1 Å². The zero-order valence-corrected chi connectivity index (χ0v) is 67.6. The number of carbonyl (C=O) groups excluding carboxylic acids is 7. The molecule has 22 nitrogen and oxygen atoms in total. The van der Waals surface area contributed by atoms with Crippen LogP contribution in [0.15, 0.2) is 127 Å². The zero-order chi connectivity index (χ0) is 84.9. The predicted octanol–water partition coefficient (Wildman–Crippen LogP) is 17.5. The summed E-state index contributed by atoms with van der Waals surface area (Å²) in [6.45, 7) is 13.5. The maximum atomic E-state index is 13.8. The number of benzene rings is 6. The first-order valence-corrected chi connectivity index (χ1v) is 39.0. The van der Waals surface area contributed by atoms with Crippen LogP contribution in [0.4, 0.5) is 26.3 Å². The van der Waals surface area contributed by atoms with Crippen molar-refractivity contribution in [3.05, 3.63) is 210 Å². The van der Waals surface area contributed by atoms with Crippen LogP contribution in [0.5, 0.6) is 0 Å². The van der Waals surface area contributed by atoms with Gasteiger partial charge in [-0.05, 0) is 226 Å². The van der Waals surface area contributed by atoms with Gasteiger partial charge < -0.3 is 34.8 Å². The minimum atomic E-state index is -2.90. The zero-order valence-electron chi connectivity index (χ0n) is 65.3. The second-order valence-electron chi connectivity index (χ2n) is 32.0. The van der Waals surface area contributed by atoms with Crippen molar-refractivity contribution in [3.63, 3.8) is 0 Å². The van der Waals surface area contributed by atoms with E-state index >= 15 is 0 Å². The quantitative estimate of drug-likeness (QED) is 0.0757. The van der Waals surface area contributed by atoms with E-state index in [2.05, 4.69) is 20.6 Å². The number of carboxylic acids is 2. The molecule has 0 radical (unpaired) electrons. The lowest BCUT2D eigenvalue weighted by atomic mass is 9.87. The highest BCUT2D eigenvalue weighted by atomic mass is 35.5. The lowest BCUT2D eigenvalue weighted by molar-refractivity contribution is -0.161. The van der Waals surface area contributed by atoms with E-state index in [1.54, 1.807) is 99.6 Å². The molecule has 3 unspecified atom stereocenters. The van der Waals surface area contributed by atoms with Gasteiger partial charge >= 0.3 is 23.9 Å². The molecule has 6 heterocycles. The average Bonchev–Trinajstić information content (AvgIpc) is 1.64. The summed E-state index contributed by atoms with van der Waals surface area (Å²) in [7, 11) is 0. The second kappa shape index (κ2) is 33.7. The van der Waals surface area contributed by atoms with Crippen molar-refractivity contribution in [1.82, 2.24) is 44.5 Å². The molecule has 6 aliphatic rings. The standard InChI is InChI=1S/C30H30ClF2N3O4.C27H27ClN2O5.C26H22ClF2N3O4.C3H5F2N/c1-17-6-5-7-22(31)24(17)27(38)36-23-14-20(26(37)35-15-30(32,33)16-35)12-13-21(23)25(34-36)18-8-10-19(11-9-18)28(39)40-29(2,3)4;1-15-6-5-7-20(28)22(15)24(31)30-21-14-18(25(32)33)12-13-19(21)23(29-30)16-8-10-17(11-9-16)26(34)35-27(2,3)4;1-14-3-2-4-19(27)21(14)24(34)32-20-11-17(23(33)31-12-26(28,29)13-31)9-10-18(20)22(30-32)15-5-7-16(8-6-15)25(35)36;4-3(5)1-6-2-3/h5-8,12-14,19H,9-11,15-16H2,1-4H3;5-8,12-14,17H,9-11H2,1-4H3,(H,32,33);2-5,9-11,16H,6-8,12-13H2,1H3,(H,35,36);6H,1-2H2. The van der Waals surface area contributed by atoms with Crippen LogP contribution in [-0.4, -0.2) is 171 Å². The Balaban J connectivity index is 0.000000156. The number of hydrogen-bond acceptors (Lipinski definition) is 15. The summed E-state index contributed by atoms with van der Waals surface area (Å²) in [4.78, 5) is 117. The van der Waals surface area contributed by atoms with Crippen molar-refractivity contribution in [2.24, 2.45) is 17.8 Å². The molecule has 3 aliphatic carbocycles. The van der Waals surface area contributed by atoms with Gasteiger partial charge in [-0.15, -0.1) is 0 Å². The predicted molar refractivity (Wildman–Crippen MR) is 429 cm³/mol. The first-order chi connectivity index (χ1) is 55.0. The molecule has 15 rings (SSSR count). The third kappa shape index (κ3) is 19.1. The number of esters is 2. The Hall–Kier alpha value is -10.8. The van der Waals surface area contributed by atoms with Crippen LogP contribution >= 0.6 is 34.8 Å². The number of nitrogens with one attached hydrogen (secondary N) is 1. The number of amides is 2. The summed E-state index contributed by atoms with van der Waals surface area (Å²) in [5.41, 5.74) is 7.48. The lowest BCUT2D eigenvalue weighted by Crippen LogP contribution is -2.58. The van der Waals surface area contributed by atoms with Crippen molar-refractivity contribution in [2.75, 3.05) is 39.3 Å². The number of ether oxygens (including phenoxy) is 2. The van der Waals surface area contributed by atoms with Crippen LogP contribution in [0, 0.1) is 38.5 Å². The van der Waals surface area contributed by atoms with Crippen LogP contribution in [0.3, 0.4) is 0 Å². The molecule has 2 amide bonds. The Kier molecular flexibility index (Phi) is 24.6. The fraction of sp³-hybridized carbons (Fsp3) is 0.372. The van der Waals surface area contributed by atoms with Gasteiger partial charge in [-0.2, -0.15) is 29.3 Å². The van der Waals surface area contributed by atoms with Crippen molar-refractivity contribution in [1.29, 1.82) is 0 Å². The molecule has 0 spiro atoms. The number of hydrogen-bond donors (Lipinski definition) is 3. The minimum Gasteiger partial charge on any atom is -0.481 e. The molecule has 614 valence electrons. The highest BCUT2D eigenvalue weighted by molar-refractivity contribution is 6.35. The maximum Gasteiger partial charge on any atom is 0.335 e. The van der Waals surface area contributed by atoms with Gasteiger partial charge in [0.05, 0.1) is 128 Å².